The molecule has 16 aliphatic carbocycles. The van der Waals surface area contributed by atoms with Gasteiger partial charge in [0.1, 0.15) is 37.1 Å². The van der Waals surface area contributed by atoms with E-state index in [1.165, 1.54) is 126 Å². The van der Waals surface area contributed by atoms with Gasteiger partial charge in [-0.25, -0.2) is 21.6 Å². The van der Waals surface area contributed by atoms with Gasteiger partial charge in [-0.1, -0.05) is 58.9 Å². The van der Waals surface area contributed by atoms with Gasteiger partial charge in [0.15, 0.2) is 21.4 Å². The minimum Gasteiger partial charge on any atom is -0.390 e. The first-order valence-corrected chi connectivity index (χ1v) is 51.1. The second kappa shape index (κ2) is 35.2. The number of halogens is 3. The number of Topliss-reactive ketones (excluding diaryl/α,β-unsaturated/α-hetero) is 2. The first-order chi connectivity index (χ1) is 59.2. The van der Waals surface area contributed by atoms with Crippen molar-refractivity contribution in [2.24, 2.45) is 164 Å². The number of nitriles is 2. The summed E-state index contributed by atoms with van der Waals surface area (Å²) in [5.74, 6) is 15.6. The van der Waals surface area contributed by atoms with E-state index in [0.29, 0.717) is 157 Å². The lowest BCUT2D eigenvalue weighted by atomic mass is 9.48. The maximum atomic E-state index is 13.4. The average molecular weight is 1730 g/mol. The number of aliphatic hydroxyl groups is 4. The van der Waals surface area contributed by atoms with Gasteiger partial charge in [-0.3, -0.25) is 28.3 Å². The molecule has 0 spiro atoms. The number of nitrogens with zero attached hydrogens (tertiary/aromatic N) is 10. The molecule has 4 N–H and O–H groups in total. The van der Waals surface area contributed by atoms with Crippen LogP contribution in [-0.4, -0.2) is 128 Å². The fraction of sp³-hybridized carbons (Fsp3) is 0.804. The van der Waals surface area contributed by atoms with Crippen molar-refractivity contribution >= 4 is 21.4 Å². The molecule has 16 aliphatic rings. The number of carbonyl (C=O) groups excluding carboxylic acids is 2. The zero-order chi connectivity index (χ0) is 87.4. The van der Waals surface area contributed by atoms with Crippen LogP contribution >= 0.6 is 0 Å². The molecule has 680 valence electrons. The lowest BCUT2D eigenvalue weighted by molar-refractivity contribution is -0.134. The molecular weight excluding hydrogens is 1580 g/mol. The van der Waals surface area contributed by atoms with Gasteiger partial charge in [-0.05, 0) is 395 Å². The molecule has 0 amide bonds. The van der Waals surface area contributed by atoms with Crippen LogP contribution in [0.25, 0.3) is 0 Å². The predicted octanol–water partition coefficient (Wildman–Crippen LogP) is 19.2. The van der Waals surface area contributed by atoms with Crippen molar-refractivity contribution in [2.45, 2.75) is 326 Å². The number of ketones is 2. The number of sulfone groups is 1. The molecular formula is C102H147F3N10O8S. The first-order valence-electron chi connectivity index (χ1n) is 49.2. The quantitative estimate of drug-likeness (QED) is 0.0716. The fourth-order valence-corrected chi connectivity index (χ4v) is 34.7. The summed E-state index contributed by atoms with van der Waals surface area (Å²) in [6.45, 7) is 21.1. The third-order valence-electron chi connectivity index (χ3n) is 40.1. The second-order valence-corrected chi connectivity index (χ2v) is 47.8. The van der Waals surface area contributed by atoms with Crippen LogP contribution in [0.4, 0.5) is 13.2 Å². The van der Waals surface area contributed by atoms with Crippen molar-refractivity contribution in [2.75, 3.05) is 26.3 Å². The standard InChI is InChI=1S/C27H39N3O.C26H39FN2O3S.C25H34FN3O2.C24H35FN2O2/c1-4-27(31)12-10-21-20(13-27)5-6-23-22(21)9-11-26(3)24(7-8-25(23)26)18(2)16-30-17-19(14-28)15-29-30;1-17(14-29-15-19(13-28-29)33(3,31)32)23-6-7-24-22-5-4-18-12-26(30,16-27)11-9-20(18)21(22)8-10-25(23,24)2;1-24-8-6-19-18-7-9-25(31,15-26)10-17(18)2-3-20(19)21(24)4-5-22(24)23(30)14-29-13-16(11-27)12-28-29;1-23-9-7-18-17-8-10-24(29,15-25)13-16(17)3-4-19(18)20(23)5-6-21(23)22(28)14-27-12-2-11-26-27/h15,17,20-25,31H,2,4-13,16H2,1,3H3;13,15,18,20-24,30H,1,4-12,14,16H2,2-3H3;12-13,17-22,31H,2-10,14-15H2,1H3;2,11-12,16-21,29H,3-10,13-15H2,1H3/t20-,21-,22+,23+,24+,25-,26+,27+;18-,20+,21-,22-,23-,24+,25-,26-;17-,18+,19-,20-,21+,22-,24+,25-;16-,17+,18-,19-,20+,21-,23+,24-/m0111/s1. The topological polar surface area (TPSA) is 268 Å². The Hall–Kier alpha value is -5.78. The zero-order valence-electron chi connectivity index (χ0n) is 75.5. The highest BCUT2D eigenvalue weighted by Gasteiger charge is 2.64. The van der Waals surface area contributed by atoms with E-state index in [4.69, 9.17) is 10.5 Å². The number of aromatic nitrogens is 8. The van der Waals surface area contributed by atoms with Crippen molar-refractivity contribution in [3.05, 3.63) is 91.1 Å². The minimum atomic E-state index is -3.25. The van der Waals surface area contributed by atoms with E-state index in [0.717, 1.165) is 157 Å². The Morgan fingerprint density at radius 3 is 1.05 bits per heavy atom. The third-order valence-corrected chi connectivity index (χ3v) is 41.1. The number of allylic oxidation sites excluding steroid dienone is 2. The van der Waals surface area contributed by atoms with Crippen LogP contribution in [-0.2, 0) is 45.6 Å². The molecule has 124 heavy (non-hydrogen) atoms. The molecule has 0 bridgehead atoms. The summed E-state index contributed by atoms with van der Waals surface area (Å²) >= 11 is 0. The Balaban J connectivity index is 0.000000117. The SMILES string of the molecule is C=C(Cn1cc(C#N)cn1)[C@H]1CC[C@H]2[C@@H]3CC[C@H]4C[C@@](O)(CC)CC[C@@H]4[C@H]3CC[C@]12C.C=C(Cn1cc(S(C)(=O)=O)cn1)[C@H]1CC[C@H]2[C@@H]3CC[C@@H]4C[C@@](O)(CF)CC[C@@H]4[C@H]3CC[C@]12C.C[C@]12CC[C@H]3[C@@H](CC[C@@H]4C[C@@](O)(CF)CC[C@@H]43)[C@@H]1CC[C@@H]2C(=O)Cn1cc(C#N)cn1.C[C@]12CC[C@H]3[C@@H](CC[C@@H]4C[C@@](O)(CF)CC[C@@H]43)[C@@H]1CC[C@@H]2C(=O)Cn1cccn1. The summed E-state index contributed by atoms with van der Waals surface area (Å²) < 4.78 is 70.8. The van der Waals surface area contributed by atoms with Gasteiger partial charge in [0.05, 0.1) is 78.3 Å². The van der Waals surface area contributed by atoms with Crippen LogP contribution in [0.3, 0.4) is 0 Å². The normalized spacial score (nSPS) is 44.3. The Kier molecular flexibility index (Phi) is 25.6. The molecule has 20 rings (SSSR count). The minimum absolute atomic E-state index is 0.0602. The number of hydrogen-bond acceptors (Lipinski definition) is 14. The van der Waals surface area contributed by atoms with Crippen molar-refractivity contribution in [1.29, 1.82) is 10.5 Å². The van der Waals surface area contributed by atoms with Crippen molar-refractivity contribution in [1.82, 2.24) is 39.1 Å². The van der Waals surface area contributed by atoms with Crippen LogP contribution in [0.1, 0.15) is 283 Å². The number of fused-ring (bicyclic) bond motifs is 20. The van der Waals surface area contributed by atoms with Crippen LogP contribution in [0, 0.1) is 186 Å². The van der Waals surface area contributed by atoms with E-state index < -0.39 is 46.7 Å². The lowest BCUT2D eigenvalue weighted by Gasteiger charge is -2.57. The summed E-state index contributed by atoms with van der Waals surface area (Å²) in [6.07, 6.45) is 54.2. The molecule has 16 fully saturated rings. The molecule has 18 nitrogen and oxygen atoms in total. The number of hydrogen-bond donors (Lipinski definition) is 4. The van der Waals surface area contributed by atoms with E-state index in [-0.39, 0.29) is 50.9 Å². The third kappa shape index (κ3) is 16.9. The van der Waals surface area contributed by atoms with Crippen molar-refractivity contribution in [3.8, 4) is 12.1 Å². The van der Waals surface area contributed by atoms with E-state index in [1.807, 2.05) is 23.1 Å². The molecule has 4 heterocycles. The Labute approximate surface area is 737 Å². The summed E-state index contributed by atoms with van der Waals surface area (Å²) in [4.78, 5) is 26.7. The van der Waals surface area contributed by atoms with E-state index in [2.05, 4.69) is 80.3 Å². The smallest absolute Gasteiger partial charge is 0.178 e. The van der Waals surface area contributed by atoms with Gasteiger partial charge < -0.3 is 20.4 Å². The van der Waals surface area contributed by atoms with E-state index in [1.54, 1.807) is 38.8 Å². The average Bonchev–Trinajstić information content (AvgIpc) is 1.55. The van der Waals surface area contributed by atoms with Crippen LogP contribution < -0.4 is 0 Å². The zero-order valence-corrected chi connectivity index (χ0v) is 76.3. The molecule has 0 saturated heterocycles. The second-order valence-electron chi connectivity index (χ2n) is 45.7. The number of carbonyl (C=O) groups is 2. The van der Waals surface area contributed by atoms with E-state index in [9.17, 15) is 51.6 Å². The highest BCUT2D eigenvalue weighted by molar-refractivity contribution is 7.90. The highest BCUT2D eigenvalue weighted by Crippen LogP contribution is 2.71. The maximum Gasteiger partial charge on any atom is 0.178 e. The van der Waals surface area contributed by atoms with E-state index >= 15 is 0 Å². The summed E-state index contributed by atoms with van der Waals surface area (Å²) in [7, 11) is -3.25. The molecule has 16 saturated carbocycles. The molecule has 4 aromatic heterocycles. The van der Waals surface area contributed by atoms with Gasteiger partial charge in [-0.2, -0.15) is 30.9 Å². The van der Waals surface area contributed by atoms with Gasteiger partial charge in [-0.15, -0.1) is 0 Å². The van der Waals surface area contributed by atoms with Crippen molar-refractivity contribution in [3.63, 3.8) is 0 Å². The monoisotopic (exact) mass is 1730 g/mol. The van der Waals surface area contributed by atoms with Gasteiger partial charge in [0.25, 0.3) is 0 Å². The summed E-state index contributed by atoms with van der Waals surface area (Å²) in [6, 6.07) is 6.13. The van der Waals surface area contributed by atoms with Crippen LogP contribution in [0.15, 0.2) is 84.8 Å². The van der Waals surface area contributed by atoms with Crippen molar-refractivity contribution < 1.29 is 51.6 Å². The molecule has 0 aliphatic heterocycles. The summed E-state index contributed by atoms with van der Waals surface area (Å²) in [5, 5.41) is 77.6. The summed E-state index contributed by atoms with van der Waals surface area (Å²) in [5.41, 5.74) is 0.794. The molecule has 22 heteroatoms. The van der Waals surface area contributed by atoms with Crippen LogP contribution in [0.2, 0.25) is 0 Å². The van der Waals surface area contributed by atoms with Crippen LogP contribution in [0.5, 0.6) is 0 Å². The number of rotatable bonds is 17. The van der Waals surface area contributed by atoms with Gasteiger partial charge in [0.2, 0.25) is 0 Å². The Morgan fingerprint density at radius 1 is 0.411 bits per heavy atom. The molecule has 32 atom stereocenters. The Bertz CT molecular complexity index is 4560. The number of alkyl halides is 3. The molecule has 0 radical (unpaired) electrons. The van der Waals surface area contributed by atoms with Gasteiger partial charge in [0, 0.05) is 49.1 Å². The molecule has 4 aromatic rings. The predicted molar refractivity (Wildman–Crippen MR) is 470 cm³/mol. The fourth-order valence-electron chi connectivity index (χ4n) is 34.1. The lowest BCUT2D eigenvalue weighted by Crippen LogP contribution is -2.52. The highest BCUT2D eigenvalue weighted by atomic mass is 32.2. The largest absolute Gasteiger partial charge is 0.390 e. The first kappa shape index (κ1) is 90.2. The maximum absolute atomic E-state index is 13.4. The molecule has 0 unspecified atom stereocenters. The molecule has 0 aromatic carbocycles. The van der Waals surface area contributed by atoms with Gasteiger partial charge >= 0.3 is 0 Å². The Morgan fingerprint density at radius 2 is 0.726 bits per heavy atom.